The normalized spacial score (nSPS) is 19.3. The molecule has 0 unspecified atom stereocenters. The summed E-state index contributed by atoms with van der Waals surface area (Å²) >= 11 is 0. The van der Waals surface area contributed by atoms with Gasteiger partial charge >= 0.3 is 0 Å². The Kier molecular flexibility index (Phi) is 7.55. The van der Waals surface area contributed by atoms with Crippen molar-refractivity contribution in [2.75, 3.05) is 13.2 Å². The fourth-order valence-corrected chi connectivity index (χ4v) is 5.26. The summed E-state index contributed by atoms with van der Waals surface area (Å²) in [6.07, 6.45) is 6.73. The number of rotatable bonds is 8. The van der Waals surface area contributed by atoms with Gasteiger partial charge < -0.3 is 15.0 Å². The highest BCUT2D eigenvalue weighted by molar-refractivity contribution is 5.89. The quantitative estimate of drug-likeness (QED) is 0.516. The van der Waals surface area contributed by atoms with Crippen LogP contribution >= 0.6 is 0 Å². The van der Waals surface area contributed by atoms with Gasteiger partial charge in [-0.15, -0.1) is 5.10 Å². The standard InChI is InChI=1S/C27H32FN5O3/c28-20-14-12-19(13-15-20)26(27(35)29-21-7-2-1-3-8-21)32(17-22-9-6-16-36-22)25(34)18-33-24-11-5-4-10-23(24)30-31-33/h4-5,10-15,21-22,26H,1-3,6-9,16-18H2,(H,29,35)/t22-,26-/m1/s1. The lowest BCUT2D eigenvalue weighted by molar-refractivity contribution is -0.143. The molecule has 9 heteroatoms. The van der Waals surface area contributed by atoms with Crippen LogP contribution in [0.5, 0.6) is 0 Å². The van der Waals surface area contributed by atoms with Crippen LogP contribution < -0.4 is 5.32 Å². The molecule has 2 fully saturated rings. The van der Waals surface area contributed by atoms with E-state index >= 15 is 0 Å². The molecular formula is C27H32FN5O3. The van der Waals surface area contributed by atoms with Crippen molar-refractivity contribution in [3.8, 4) is 0 Å². The Labute approximate surface area is 209 Å². The second-order valence-electron chi connectivity index (χ2n) is 9.71. The van der Waals surface area contributed by atoms with E-state index in [9.17, 15) is 14.0 Å². The van der Waals surface area contributed by atoms with Gasteiger partial charge in [-0.1, -0.05) is 48.7 Å². The van der Waals surface area contributed by atoms with Crippen LogP contribution in [0.2, 0.25) is 0 Å². The number of fused-ring (bicyclic) bond motifs is 1. The van der Waals surface area contributed by atoms with Crippen LogP contribution in [-0.4, -0.2) is 57.0 Å². The van der Waals surface area contributed by atoms with Gasteiger partial charge in [0, 0.05) is 19.2 Å². The Morgan fingerprint density at radius 1 is 1.06 bits per heavy atom. The van der Waals surface area contributed by atoms with Gasteiger partial charge in [-0.05, 0) is 55.5 Å². The van der Waals surface area contributed by atoms with Crippen molar-refractivity contribution in [3.05, 3.63) is 59.9 Å². The number of ether oxygens (including phenoxy) is 1. The number of hydrogen-bond donors (Lipinski definition) is 1. The molecule has 0 radical (unpaired) electrons. The van der Waals surface area contributed by atoms with Gasteiger partial charge in [-0.25, -0.2) is 9.07 Å². The van der Waals surface area contributed by atoms with Gasteiger partial charge in [0.15, 0.2) is 0 Å². The number of halogens is 1. The number of amides is 2. The van der Waals surface area contributed by atoms with Crippen LogP contribution in [0.1, 0.15) is 56.6 Å². The zero-order valence-electron chi connectivity index (χ0n) is 20.3. The summed E-state index contributed by atoms with van der Waals surface area (Å²) in [6, 6.07) is 12.4. The fraction of sp³-hybridized carbons (Fsp3) is 0.481. The predicted octanol–water partition coefficient (Wildman–Crippen LogP) is 3.77. The Morgan fingerprint density at radius 3 is 2.58 bits per heavy atom. The van der Waals surface area contributed by atoms with E-state index in [0.29, 0.717) is 17.7 Å². The van der Waals surface area contributed by atoms with E-state index in [1.54, 1.807) is 21.7 Å². The van der Waals surface area contributed by atoms with Crippen LogP contribution in [0.3, 0.4) is 0 Å². The zero-order valence-corrected chi connectivity index (χ0v) is 20.3. The highest BCUT2D eigenvalue weighted by Gasteiger charge is 2.35. The largest absolute Gasteiger partial charge is 0.376 e. The van der Waals surface area contributed by atoms with Crippen molar-refractivity contribution in [1.82, 2.24) is 25.2 Å². The summed E-state index contributed by atoms with van der Waals surface area (Å²) in [5, 5.41) is 11.5. The number of hydrogen-bond acceptors (Lipinski definition) is 5. The van der Waals surface area contributed by atoms with Crippen molar-refractivity contribution in [3.63, 3.8) is 0 Å². The fourth-order valence-electron chi connectivity index (χ4n) is 5.26. The van der Waals surface area contributed by atoms with Gasteiger partial charge in [-0.3, -0.25) is 9.59 Å². The molecule has 1 aliphatic heterocycles. The van der Waals surface area contributed by atoms with Crippen molar-refractivity contribution in [1.29, 1.82) is 0 Å². The van der Waals surface area contributed by atoms with Crippen LogP contribution in [0.4, 0.5) is 4.39 Å². The summed E-state index contributed by atoms with van der Waals surface area (Å²) in [5.74, 6) is -0.908. The first-order chi connectivity index (χ1) is 17.6. The molecule has 1 saturated heterocycles. The minimum absolute atomic E-state index is 0.0678. The van der Waals surface area contributed by atoms with E-state index in [2.05, 4.69) is 15.6 Å². The number of aromatic nitrogens is 3. The van der Waals surface area contributed by atoms with Crippen molar-refractivity contribution < 1.29 is 18.7 Å². The Balaban J connectivity index is 1.46. The third kappa shape index (κ3) is 5.56. The summed E-state index contributed by atoms with van der Waals surface area (Å²) in [5.41, 5.74) is 2.01. The Morgan fingerprint density at radius 2 is 1.83 bits per heavy atom. The van der Waals surface area contributed by atoms with Gasteiger partial charge in [0.1, 0.15) is 23.9 Å². The molecular weight excluding hydrogens is 461 g/mol. The maximum absolute atomic E-state index is 13.8. The molecule has 1 aliphatic carbocycles. The SMILES string of the molecule is O=C(NC1CCCCC1)[C@@H](c1ccc(F)cc1)N(C[C@H]1CCCO1)C(=O)Cn1nnc2ccccc21. The first-order valence-electron chi connectivity index (χ1n) is 12.8. The molecule has 36 heavy (non-hydrogen) atoms. The van der Waals surface area contributed by atoms with Crippen molar-refractivity contribution in [2.45, 2.75) is 69.7 Å². The van der Waals surface area contributed by atoms with Crippen molar-refractivity contribution in [2.24, 2.45) is 0 Å². The number of para-hydroxylation sites is 1. The smallest absolute Gasteiger partial charge is 0.247 e. The van der Waals surface area contributed by atoms with Crippen LogP contribution in [0.15, 0.2) is 48.5 Å². The second kappa shape index (κ2) is 11.2. The number of benzene rings is 2. The lowest BCUT2D eigenvalue weighted by atomic mass is 9.94. The molecule has 1 N–H and O–H groups in total. The molecule has 1 aromatic heterocycles. The number of carbonyl (C=O) groups is 2. The highest BCUT2D eigenvalue weighted by atomic mass is 19.1. The van der Waals surface area contributed by atoms with Gasteiger partial charge in [0.05, 0.1) is 11.6 Å². The molecule has 0 bridgehead atoms. The van der Waals surface area contributed by atoms with E-state index in [-0.39, 0.29) is 37.0 Å². The Bertz CT molecular complexity index is 1190. The first-order valence-corrected chi connectivity index (χ1v) is 12.8. The lowest BCUT2D eigenvalue weighted by Crippen LogP contribution is -2.49. The summed E-state index contributed by atoms with van der Waals surface area (Å²) in [4.78, 5) is 29.2. The Hall–Kier alpha value is -3.33. The van der Waals surface area contributed by atoms with Crippen LogP contribution in [0.25, 0.3) is 11.0 Å². The average Bonchev–Trinajstić information content (AvgIpc) is 3.56. The highest BCUT2D eigenvalue weighted by Crippen LogP contribution is 2.27. The molecule has 2 aromatic carbocycles. The predicted molar refractivity (Wildman–Crippen MR) is 132 cm³/mol. The first kappa shape index (κ1) is 24.4. The van der Waals surface area contributed by atoms with Gasteiger partial charge in [0.25, 0.3) is 0 Å². The summed E-state index contributed by atoms with van der Waals surface area (Å²) < 4.78 is 21.2. The molecule has 2 aliphatic rings. The molecule has 190 valence electrons. The minimum Gasteiger partial charge on any atom is -0.376 e. The van der Waals surface area contributed by atoms with Gasteiger partial charge in [-0.2, -0.15) is 0 Å². The zero-order chi connectivity index (χ0) is 24.9. The van der Waals surface area contributed by atoms with Crippen LogP contribution in [0, 0.1) is 5.82 Å². The molecule has 1 saturated carbocycles. The van der Waals surface area contributed by atoms with E-state index in [0.717, 1.165) is 44.0 Å². The average molecular weight is 494 g/mol. The third-order valence-corrected chi connectivity index (χ3v) is 7.15. The maximum atomic E-state index is 13.8. The molecule has 2 atom stereocenters. The molecule has 5 rings (SSSR count). The van der Waals surface area contributed by atoms with Crippen LogP contribution in [-0.2, 0) is 20.9 Å². The van der Waals surface area contributed by atoms with Crippen molar-refractivity contribution >= 4 is 22.8 Å². The third-order valence-electron chi connectivity index (χ3n) is 7.15. The minimum atomic E-state index is -0.904. The molecule has 3 aromatic rings. The van der Waals surface area contributed by atoms with E-state index in [1.807, 2.05) is 24.3 Å². The van der Waals surface area contributed by atoms with E-state index in [1.165, 1.54) is 18.6 Å². The maximum Gasteiger partial charge on any atom is 0.247 e. The monoisotopic (exact) mass is 493 g/mol. The number of nitrogens with zero attached hydrogens (tertiary/aromatic N) is 4. The summed E-state index contributed by atoms with van der Waals surface area (Å²) in [6.45, 7) is 0.836. The molecule has 2 amide bonds. The molecule has 2 heterocycles. The lowest BCUT2D eigenvalue weighted by Gasteiger charge is -2.34. The summed E-state index contributed by atoms with van der Waals surface area (Å²) in [7, 11) is 0. The second-order valence-corrected chi connectivity index (χ2v) is 9.71. The molecule has 8 nitrogen and oxygen atoms in total. The number of carbonyl (C=O) groups excluding carboxylic acids is 2. The van der Waals surface area contributed by atoms with E-state index < -0.39 is 11.9 Å². The van der Waals surface area contributed by atoms with Gasteiger partial charge in [0.2, 0.25) is 11.8 Å². The van der Waals surface area contributed by atoms with E-state index in [4.69, 9.17) is 4.74 Å². The number of nitrogens with one attached hydrogen (secondary N) is 1. The topological polar surface area (TPSA) is 89.4 Å². The molecule has 0 spiro atoms.